The molecule has 188 valence electrons. The number of ether oxygens (including phenoxy) is 2. The fourth-order valence-corrected chi connectivity index (χ4v) is 4.08. The molecule has 0 bridgehead atoms. The van der Waals surface area contributed by atoms with Gasteiger partial charge in [0.25, 0.3) is 5.91 Å². The molecule has 0 fully saturated rings. The van der Waals surface area contributed by atoms with Gasteiger partial charge >= 0.3 is 5.97 Å². The third-order valence-electron chi connectivity index (χ3n) is 5.10. The first-order valence-electron chi connectivity index (χ1n) is 11.4. The Balaban J connectivity index is 1.88. The van der Waals surface area contributed by atoms with Gasteiger partial charge in [0.05, 0.1) is 25.3 Å². The summed E-state index contributed by atoms with van der Waals surface area (Å²) in [6.45, 7) is 4.77. The van der Waals surface area contributed by atoms with Crippen LogP contribution in [0, 0.1) is 0 Å². The van der Waals surface area contributed by atoms with E-state index in [1.165, 1.54) is 0 Å². The van der Waals surface area contributed by atoms with Gasteiger partial charge < -0.3 is 14.4 Å². The second-order valence-electron chi connectivity index (χ2n) is 7.69. The summed E-state index contributed by atoms with van der Waals surface area (Å²) >= 11 is 18.5. The summed E-state index contributed by atoms with van der Waals surface area (Å²) < 4.78 is 10.7. The maximum atomic E-state index is 13.0. The summed E-state index contributed by atoms with van der Waals surface area (Å²) in [4.78, 5) is 26.8. The number of anilines is 1. The standard InChI is InChI=1S/C27H26Cl2N2O4S/c1-3-15-35-21-8-5-7-19(16-21)25(32)30-27(36)31(17-22-23(28)9-6-10-24(22)29)20-13-11-18(12-14-20)26(33)34-4-2/h5-14,16H,3-4,15,17H2,1-2H3,(H,30,32,36). The summed E-state index contributed by atoms with van der Waals surface area (Å²) in [5, 5.41) is 3.85. The number of nitrogens with one attached hydrogen (secondary N) is 1. The molecule has 0 radical (unpaired) electrons. The van der Waals surface area contributed by atoms with Crippen LogP contribution in [0.4, 0.5) is 5.69 Å². The lowest BCUT2D eigenvalue weighted by atomic mass is 10.1. The Morgan fingerprint density at radius 1 is 0.944 bits per heavy atom. The molecule has 0 unspecified atom stereocenters. The van der Waals surface area contributed by atoms with Crippen molar-refractivity contribution in [3.05, 3.63) is 93.5 Å². The normalized spacial score (nSPS) is 10.4. The molecule has 0 spiro atoms. The van der Waals surface area contributed by atoms with Crippen LogP contribution >= 0.6 is 35.4 Å². The number of halogens is 2. The van der Waals surface area contributed by atoms with Crippen LogP contribution in [0.15, 0.2) is 66.7 Å². The highest BCUT2D eigenvalue weighted by molar-refractivity contribution is 7.80. The van der Waals surface area contributed by atoms with Gasteiger partial charge in [-0.15, -0.1) is 0 Å². The zero-order chi connectivity index (χ0) is 26.1. The van der Waals surface area contributed by atoms with Gasteiger partial charge in [0.15, 0.2) is 5.11 Å². The van der Waals surface area contributed by atoms with Crippen LogP contribution in [0.25, 0.3) is 0 Å². The molecule has 1 amide bonds. The van der Waals surface area contributed by atoms with E-state index in [2.05, 4.69) is 5.32 Å². The first-order chi connectivity index (χ1) is 17.3. The average Bonchev–Trinajstić information content (AvgIpc) is 2.87. The Kier molecular flexibility index (Phi) is 10.1. The predicted molar refractivity (Wildman–Crippen MR) is 147 cm³/mol. The van der Waals surface area contributed by atoms with Gasteiger partial charge in [0.1, 0.15) is 5.75 Å². The summed E-state index contributed by atoms with van der Waals surface area (Å²) in [5.41, 5.74) is 2.07. The number of esters is 1. The number of carbonyl (C=O) groups excluding carboxylic acids is 2. The fraction of sp³-hybridized carbons (Fsp3) is 0.222. The topological polar surface area (TPSA) is 67.9 Å². The average molecular weight is 545 g/mol. The van der Waals surface area contributed by atoms with E-state index in [4.69, 9.17) is 44.9 Å². The summed E-state index contributed by atoms with van der Waals surface area (Å²) in [7, 11) is 0. The van der Waals surface area contributed by atoms with E-state index in [1.807, 2.05) is 6.92 Å². The molecule has 0 heterocycles. The van der Waals surface area contributed by atoms with E-state index in [9.17, 15) is 9.59 Å². The van der Waals surface area contributed by atoms with Crippen molar-refractivity contribution in [2.45, 2.75) is 26.8 Å². The van der Waals surface area contributed by atoms with Crippen LogP contribution in [0.3, 0.4) is 0 Å². The molecule has 36 heavy (non-hydrogen) atoms. The highest BCUT2D eigenvalue weighted by atomic mass is 35.5. The second-order valence-corrected chi connectivity index (χ2v) is 8.89. The van der Waals surface area contributed by atoms with Crippen LogP contribution in [-0.2, 0) is 11.3 Å². The van der Waals surface area contributed by atoms with Crippen LogP contribution in [0.5, 0.6) is 5.75 Å². The molecule has 3 aromatic rings. The minimum absolute atomic E-state index is 0.139. The molecule has 0 aromatic heterocycles. The molecule has 6 nitrogen and oxygen atoms in total. The summed E-state index contributed by atoms with van der Waals surface area (Å²) in [5.74, 6) is -0.212. The zero-order valence-corrected chi connectivity index (χ0v) is 22.3. The van der Waals surface area contributed by atoms with Gasteiger partial charge in [0, 0.05) is 26.9 Å². The van der Waals surface area contributed by atoms with Gasteiger partial charge in [-0.3, -0.25) is 10.1 Å². The van der Waals surface area contributed by atoms with Gasteiger partial charge in [-0.05, 0) is 80.2 Å². The summed E-state index contributed by atoms with van der Waals surface area (Å²) in [6.07, 6.45) is 0.856. The third-order valence-corrected chi connectivity index (χ3v) is 6.13. The van der Waals surface area contributed by atoms with Crippen molar-refractivity contribution >= 4 is 58.1 Å². The lowest BCUT2D eigenvalue weighted by Crippen LogP contribution is -2.42. The van der Waals surface area contributed by atoms with Gasteiger partial charge in [0.2, 0.25) is 0 Å². The van der Waals surface area contributed by atoms with E-state index < -0.39 is 5.97 Å². The Hall–Kier alpha value is -3.13. The van der Waals surface area contributed by atoms with E-state index >= 15 is 0 Å². The maximum absolute atomic E-state index is 13.0. The molecule has 0 saturated carbocycles. The smallest absolute Gasteiger partial charge is 0.338 e. The third kappa shape index (κ3) is 7.20. The molecule has 9 heteroatoms. The highest BCUT2D eigenvalue weighted by Gasteiger charge is 2.20. The lowest BCUT2D eigenvalue weighted by Gasteiger charge is -2.26. The Bertz CT molecular complexity index is 1210. The Morgan fingerprint density at radius 2 is 1.61 bits per heavy atom. The minimum atomic E-state index is -0.425. The van der Waals surface area contributed by atoms with Crippen molar-refractivity contribution in [1.29, 1.82) is 0 Å². The largest absolute Gasteiger partial charge is 0.494 e. The number of amides is 1. The molecule has 0 aliphatic rings. The van der Waals surface area contributed by atoms with Crippen LogP contribution in [0.2, 0.25) is 10.0 Å². The monoisotopic (exact) mass is 544 g/mol. The Labute approximate surface area is 226 Å². The molecule has 1 N–H and O–H groups in total. The van der Waals surface area contributed by atoms with Gasteiger partial charge in [-0.25, -0.2) is 4.79 Å². The number of rotatable bonds is 9. The van der Waals surface area contributed by atoms with Gasteiger partial charge in [-0.1, -0.05) is 42.3 Å². The van der Waals surface area contributed by atoms with Crippen LogP contribution in [0.1, 0.15) is 46.5 Å². The molecule has 0 aliphatic heterocycles. The molecule has 0 aliphatic carbocycles. The fourth-order valence-electron chi connectivity index (χ4n) is 3.30. The first kappa shape index (κ1) is 27.5. The first-order valence-corrected chi connectivity index (χ1v) is 12.6. The lowest BCUT2D eigenvalue weighted by molar-refractivity contribution is 0.0526. The molecular weight excluding hydrogens is 519 g/mol. The van der Waals surface area contributed by atoms with E-state index in [0.29, 0.717) is 44.8 Å². The number of hydrogen-bond donors (Lipinski definition) is 1. The number of thiocarbonyl (C=S) groups is 1. The molecule has 3 rings (SSSR count). The van der Waals surface area contributed by atoms with E-state index in [-0.39, 0.29) is 24.2 Å². The number of hydrogen-bond acceptors (Lipinski definition) is 5. The summed E-state index contributed by atoms with van der Waals surface area (Å²) in [6, 6.07) is 18.8. The zero-order valence-electron chi connectivity index (χ0n) is 19.9. The van der Waals surface area contributed by atoms with Crippen molar-refractivity contribution < 1.29 is 19.1 Å². The second kappa shape index (κ2) is 13.3. The molecular formula is C27H26Cl2N2O4S. The van der Waals surface area contributed by atoms with Crippen molar-refractivity contribution in [3.63, 3.8) is 0 Å². The quantitative estimate of drug-likeness (QED) is 0.239. The van der Waals surface area contributed by atoms with Crippen molar-refractivity contribution in [1.82, 2.24) is 5.32 Å². The Morgan fingerprint density at radius 3 is 2.25 bits per heavy atom. The van der Waals surface area contributed by atoms with E-state index in [1.54, 1.807) is 78.6 Å². The minimum Gasteiger partial charge on any atom is -0.494 e. The number of carbonyl (C=O) groups is 2. The van der Waals surface area contributed by atoms with E-state index in [0.717, 1.165) is 6.42 Å². The van der Waals surface area contributed by atoms with Crippen molar-refractivity contribution in [3.8, 4) is 5.75 Å². The molecule has 0 saturated heterocycles. The molecule has 3 aromatic carbocycles. The number of nitrogens with zero attached hydrogens (tertiary/aromatic N) is 1. The highest BCUT2D eigenvalue weighted by Crippen LogP contribution is 2.28. The van der Waals surface area contributed by atoms with Crippen LogP contribution in [-0.4, -0.2) is 30.2 Å². The van der Waals surface area contributed by atoms with Crippen LogP contribution < -0.4 is 15.0 Å². The number of benzene rings is 3. The van der Waals surface area contributed by atoms with Gasteiger partial charge in [-0.2, -0.15) is 0 Å². The van der Waals surface area contributed by atoms with Crippen molar-refractivity contribution in [2.75, 3.05) is 18.1 Å². The van der Waals surface area contributed by atoms with Crippen molar-refractivity contribution in [2.24, 2.45) is 0 Å². The SMILES string of the molecule is CCCOc1cccc(C(=O)NC(=S)N(Cc2c(Cl)cccc2Cl)c2ccc(C(=O)OCC)cc2)c1. The predicted octanol–water partition coefficient (Wildman–Crippen LogP) is 6.68. The maximum Gasteiger partial charge on any atom is 0.338 e. The molecule has 0 atom stereocenters.